The molecule has 2 N–H and O–H groups in total. The van der Waals surface area contributed by atoms with Gasteiger partial charge in [-0.05, 0) is 6.92 Å². The maximum atomic E-state index is 10.8. The molecule has 0 spiro atoms. The van der Waals surface area contributed by atoms with Crippen LogP contribution in [0, 0.1) is 0 Å². The van der Waals surface area contributed by atoms with Gasteiger partial charge in [-0.1, -0.05) is 0 Å². The number of aromatic nitrogens is 2. The molecule has 5 nitrogen and oxygen atoms in total. The summed E-state index contributed by atoms with van der Waals surface area (Å²) in [7, 11) is 0. The topological polar surface area (TPSA) is 67.2 Å². The van der Waals surface area contributed by atoms with Crippen molar-refractivity contribution in [1.29, 1.82) is 0 Å². The number of carboxylic acid groups (broad SMARTS) is 1. The van der Waals surface area contributed by atoms with Crippen molar-refractivity contribution in [3.05, 3.63) is 18.2 Å². The number of imidazole rings is 1. The SMILES string of the molecule is CCn1cncc1C1N[C@@H](C(=O)O)CS1. The summed E-state index contributed by atoms with van der Waals surface area (Å²) in [5.41, 5.74) is 1.05. The van der Waals surface area contributed by atoms with E-state index in [-0.39, 0.29) is 5.37 Å². The van der Waals surface area contributed by atoms with Crippen LogP contribution < -0.4 is 5.32 Å². The van der Waals surface area contributed by atoms with Gasteiger partial charge in [0.1, 0.15) is 6.04 Å². The fourth-order valence-electron chi connectivity index (χ4n) is 1.60. The fourth-order valence-corrected chi connectivity index (χ4v) is 2.85. The number of thioether (sulfide) groups is 1. The predicted molar refractivity (Wildman–Crippen MR) is 57.7 cm³/mol. The molecule has 2 rings (SSSR count). The summed E-state index contributed by atoms with van der Waals surface area (Å²) < 4.78 is 2.02. The van der Waals surface area contributed by atoms with E-state index in [1.807, 2.05) is 11.5 Å². The maximum Gasteiger partial charge on any atom is 0.321 e. The fraction of sp³-hybridized carbons (Fsp3) is 0.556. The number of nitrogens with zero attached hydrogens (tertiary/aromatic N) is 2. The van der Waals surface area contributed by atoms with Crippen molar-refractivity contribution in [2.45, 2.75) is 24.9 Å². The zero-order valence-electron chi connectivity index (χ0n) is 8.38. The summed E-state index contributed by atoms with van der Waals surface area (Å²) in [4.78, 5) is 14.8. The van der Waals surface area contributed by atoms with Crippen LogP contribution in [0.2, 0.25) is 0 Å². The third-order valence-corrected chi connectivity index (χ3v) is 3.67. The lowest BCUT2D eigenvalue weighted by Gasteiger charge is -2.12. The number of carboxylic acids is 1. The summed E-state index contributed by atoms with van der Waals surface area (Å²) in [6.07, 6.45) is 3.56. The van der Waals surface area contributed by atoms with Crippen LogP contribution in [0.3, 0.4) is 0 Å². The Morgan fingerprint density at radius 3 is 3.27 bits per heavy atom. The maximum absolute atomic E-state index is 10.8. The van der Waals surface area contributed by atoms with E-state index in [0.29, 0.717) is 5.75 Å². The molecule has 0 bridgehead atoms. The molecule has 1 saturated heterocycles. The van der Waals surface area contributed by atoms with Crippen LogP contribution in [0.1, 0.15) is 18.0 Å². The standard InChI is InChI=1S/C9H13N3O2S/c1-2-12-5-10-3-7(12)8-11-6(4-15-8)9(13)14/h3,5-6,8,11H,2,4H2,1H3,(H,13,14)/t6-,8?/m1/s1. The van der Waals surface area contributed by atoms with E-state index < -0.39 is 12.0 Å². The van der Waals surface area contributed by atoms with Gasteiger partial charge in [-0.25, -0.2) is 4.98 Å². The Morgan fingerprint density at radius 2 is 2.67 bits per heavy atom. The monoisotopic (exact) mass is 227 g/mol. The van der Waals surface area contributed by atoms with Crippen LogP contribution in [0.25, 0.3) is 0 Å². The number of hydrogen-bond acceptors (Lipinski definition) is 4. The van der Waals surface area contributed by atoms with Gasteiger partial charge in [-0.2, -0.15) is 0 Å². The molecular weight excluding hydrogens is 214 g/mol. The highest BCUT2D eigenvalue weighted by Gasteiger charge is 2.31. The first kappa shape index (κ1) is 10.5. The summed E-state index contributed by atoms with van der Waals surface area (Å²) in [6, 6.07) is -0.444. The molecule has 0 aromatic carbocycles. The lowest BCUT2D eigenvalue weighted by atomic mass is 10.3. The van der Waals surface area contributed by atoms with Crippen LogP contribution in [-0.2, 0) is 11.3 Å². The molecule has 2 atom stereocenters. The molecule has 1 aromatic heterocycles. The summed E-state index contributed by atoms with van der Waals surface area (Å²) in [5, 5.41) is 12.0. The van der Waals surface area contributed by atoms with Gasteiger partial charge in [0.2, 0.25) is 0 Å². The Bertz CT molecular complexity index is 366. The molecule has 1 aliphatic heterocycles. The van der Waals surface area contributed by atoms with E-state index in [1.165, 1.54) is 0 Å². The van der Waals surface area contributed by atoms with E-state index in [9.17, 15) is 4.79 Å². The average molecular weight is 227 g/mol. The largest absolute Gasteiger partial charge is 0.480 e. The van der Waals surface area contributed by atoms with E-state index in [4.69, 9.17) is 5.11 Å². The molecule has 0 aliphatic carbocycles. The van der Waals surface area contributed by atoms with Crippen molar-refractivity contribution in [3.8, 4) is 0 Å². The van der Waals surface area contributed by atoms with Gasteiger partial charge in [-0.15, -0.1) is 11.8 Å². The minimum absolute atomic E-state index is 0.0496. The van der Waals surface area contributed by atoms with Crippen molar-refractivity contribution < 1.29 is 9.90 Å². The Kier molecular flexibility index (Phi) is 2.97. The Morgan fingerprint density at radius 1 is 1.87 bits per heavy atom. The first-order chi connectivity index (χ1) is 7.22. The number of aryl methyl sites for hydroxylation is 1. The quantitative estimate of drug-likeness (QED) is 0.795. The van der Waals surface area contributed by atoms with E-state index in [0.717, 1.165) is 12.2 Å². The number of carbonyl (C=O) groups is 1. The number of rotatable bonds is 3. The van der Waals surface area contributed by atoms with Crippen molar-refractivity contribution in [2.24, 2.45) is 0 Å². The average Bonchev–Trinajstić information content (AvgIpc) is 2.85. The molecule has 0 radical (unpaired) electrons. The second kappa shape index (κ2) is 4.24. The second-order valence-corrected chi connectivity index (χ2v) is 4.51. The molecule has 2 heterocycles. The summed E-state index contributed by atoms with van der Waals surface area (Å²) >= 11 is 1.61. The van der Waals surface area contributed by atoms with Gasteiger partial charge in [0.05, 0.1) is 23.6 Å². The smallest absolute Gasteiger partial charge is 0.321 e. The molecule has 1 fully saturated rings. The molecule has 6 heteroatoms. The van der Waals surface area contributed by atoms with E-state index in [1.54, 1.807) is 24.3 Å². The minimum atomic E-state index is -0.785. The first-order valence-electron chi connectivity index (χ1n) is 4.83. The Balaban J connectivity index is 2.10. The summed E-state index contributed by atoms with van der Waals surface area (Å²) in [5.74, 6) is -0.179. The molecule has 1 unspecified atom stereocenters. The molecule has 15 heavy (non-hydrogen) atoms. The Labute approximate surface area is 91.9 Å². The van der Waals surface area contributed by atoms with Gasteiger partial charge in [0.15, 0.2) is 0 Å². The van der Waals surface area contributed by atoms with E-state index >= 15 is 0 Å². The lowest BCUT2D eigenvalue weighted by molar-refractivity contribution is -0.138. The predicted octanol–water partition coefficient (Wildman–Crippen LogP) is 0.691. The second-order valence-electron chi connectivity index (χ2n) is 3.38. The number of hydrogen-bond donors (Lipinski definition) is 2. The number of aliphatic carboxylic acids is 1. The molecular formula is C9H13N3O2S. The van der Waals surface area contributed by atoms with Crippen LogP contribution in [-0.4, -0.2) is 32.4 Å². The zero-order chi connectivity index (χ0) is 10.8. The van der Waals surface area contributed by atoms with E-state index in [2.05, 4.69) is 10.3 Å². The first-order valence-corrected chi connectivity index (χ1v) is 5.87. The highest BCUT2D eigenvalue weighted by atomic mass is 32.2. The van der Waals surface area contributed by atoms with Gasteiger partial charge >= 0.3 is 5.97 Å². The van der Waals surface area contributed by atoms with Gasteiger partial charge in [-0.3, -0.25) is 10.1 Å². The minimum Gasteiger partial charge on any atom is -0.480 e. The van der Waals surface area contributed by atoms with Crippen LogP contribution in [0.5, 0.6) is 0 Å². The van der Waals surface area contributed by atoms with Gasteiger partial charge < -0.3 is 9.67 Å². The van der Waals surface area contributed by atoms with Crippen LogP contribution in [0.4, 0.5) is 0 Å². The number of nitrogens with one attached hydrogen (secondary N) is 1. The highest BCUT2D eigenvalue weighted by molar-refractivity contribution is 7.99. The molecule has 0 amide bonds. The van der Waals surface area contributed by atoms with Crippen LogP contribution >= 0.6 is 11.8 Å². The van der Waals surface area contributed by atoms with Crippen molar-refractivity contribution in [3.63, 3.8) is 0 Å². The molecule has 1 aromatic rings. The van der Waals surface area contributed by atoms with Crippen molar-refractivity contribution in [2.75, 3.05) is 5.75 Å². The normalized spacial score (nSPS) is 25.7. The Hall–Kier alpha value is -1.01. The molecule has 82 valence electrons. The van der Waals surface area contributed by atoms with Crippen LogP contribution in [0.15, 0.2) is 12.5 Å². The summed E-state index contributed by atoms with van der Waals surface area (Å²) in [6.45, 7) is 2.89. The van der Waals surface area contributed by atoms with Gasteiger partial charge in [0.25, 0.3) is 0 Å². The van der Waals surface area contributed by atoms with Crippen molar-refractivity contribution >= 4 is 17.7 Å². The lowest BCUT2D eigenvalue weighted by Crippen LogP contribution is -2.34. The van der Waals surface area contributed by atoms with Crippen molar-refractivity contribution in [1.82, 2.24) is 14.9 Å². The third kappa shape index (κ3) is 2.00. The zero-order valence-corrected chi connectivity index (χ0v) is 9.20. The van der Waals surface area contributed by atoms with Gasteiger partial charge in [0, 0.05) is 12.3 Å². The third-order valence-electron chi connectivity index (χ3n) is 2.43. The molecule has 1 aliphatic rings. The molecule has 0 saturated carbocycles. The highest BCUT2D eigenvalue weighted by Crippen LogP contribution is 2.32.